The maximum absolute atomic E-state index is 12.0. The van der Waals surface area contributed by atoms with Gasteiger partial charge >= 0.3 is 0 Å². The first-order valence-corrected chi connectivity index (χ1v) is 8.79. The minimum Gasteiger partial charge on any atom is -0.484 e. The van der Waals surface area contributed by atoms with E-state index in [-0.39, 0.29) is 12.5 Å². The van der Waals surface area contributed by atoms with Crippen LogP contribution in [0, 0.1) is 13.8 Å². The summed E-state index contributed by atoms with van der Waals surface area (Å²) in [4.78, 5) is 12.0. The number of halogens is 1. The van der Waals surface area contributed by atoms with Crippen molar-refractivity contribution < 1.29 is 9.53 Å². The highest BCUT2D eigenvalue weighted by atomic mass is 35.5. The maximum Gasteiger partial charge on any atom is 0.258 e. The van der Waals surface area contributed by atoms with Gasteiger partial charge in [0, 0.05) is 29.6 Å². The Bertz CT molecular complexity index is 864. The van der Waals surface area contributed by atoms with Gasteiger partial charge in [0.05, 0.1) is 0 Å². The SMILES string of the molecule is Cc1cc(OCC(=O)NCc2ccc(-n3cccc3)cc2)cc(C)c1Cl. The molecular weight excluding hydrogens is 348 g/mol. The Labute approximate surface area is 158 Å². The van der Waals surface area contributed by atoms with Gasteiger partial charge in [-0.25, -0.2) is 0 Å². The number of aromatic nitrogens is 1. The second kappa shape index (κ2) is 8.11. The third kappa shape index (κ3) is 4.46. The fourth-order valence-corrected chi connectivity index (χ4v) is 2.79. The van der Waals surface area contributed by atoms with Crippen molar-refractivity contribution >= 4 is 17.5 Å². The summed E-state index contributed by atoms with van der Waals surface area (Å²) in [5.74, 6) is 0.486. The fourth-order valence-electron chi connectivity index (χ4n) is 2.68. The Balaban J connectivity index is 1.50. The van der Waals surface area contributed by atoms with Gasteiger partial charge in [-0.2, -0.15) is 0 Å². The summed E-state index contributed by atoms with van der Waals surface area (Å²) in [5, 5.41) is 3.59. The summed E-state index contributed by atoms with van der Waals surface area (Å²) in [6.45, 7) is 4.27. The molecule has 3 rings (SSSR count). The van der Waals surface area contributed by atoms with Gasteiger partial charge in [0.25, 0.3) is 5.91 Å². The smallest absolute Gasteiger partial charge is 0.258 e. The molecule has 134 valence electrons. The molecule has 4 nitrogen and oxygen atoms in total. The van der Waals surface area contributed by atoms with E-state index in [4.69, 9.17) is 16.3 Å². The summed E-state index contributed by atoms with van der Waals surface area (Å²) in [7, 11) is 0. The first-order chi connectivity index (χ1) is 12.5. The summed E-state index contributed by atoms with van der Waals surface area (Å²) in [5.41, 5.74) is 3.99. The molecule has 3 aromatic rings. The first kappa shape index (κ1) is 18.1. The molecule has 0 aliphatic heterocycles. The van der Waals surface area contributed by atoms with Crippen molar-refractivity contribution in [3.05, 3.63) is 82.6 Å². The molecule has 0 bridgehead atoms. The van der Waals surface area contributed by atoms with Gasteiger partial charge in [-0.05, 0) is 66.9 Å². The zero-order chi connectivity index (χ0) is 18.5. The van der Waals surface area contributed by atoms with Gasteiger partial charge < -0.3 is 14.6 Å². The van der Waals surface area contributed by atoms with Crippen molar-refractivity contribution in [2.24, 2.45) is 0 Å². The van der Waals surface area contributed by atoms with Gasteiger partial charge in [0.2, 0.25) is 0 Å². The van der Waals surface area contributed by atoms with Gasteiger partial charge in [0.1, 0.15) is 5.75 Å². The molecule has 0 saturated carbocycles. The zero-order valence-corrected chi connectivity index (χ0v) is 15.6. The van der Waals surface area contributed by atoms with E-state index in [2.05, 4.69) is 5.32 Å². The lowest BCUT2D eigenvalue weighted by molar-refractivity contribution is -0.123. The number of rotatable bonds is 6. The lowest BCUT2D eigenvalue weighted by Gasteiger charge is -2.11. The van der Waals surface area contributed by atoms with E-state index in [9.17, 15) is 4.79 Å². The number of carbonyl (C=O) groups is 1. The lowest BCUT2D eigenvalue weighted by Crippen LogP contribution is -2.28. The van der Waals surface area contributed by atoms with Crippen molar-refractivity contribution in [1.82, 2.24) is 9.88 Å². The maximum atomic E-state index is 12.0. The van der Waals surface area contributed by atoms with Crippen LogP contribution in [0.1, 0.15) is 16.7 Å². The Hall–Kier alpha value is -2.72. The Kier molecular flexibility index (Phi) is 5.64. The standard InChI is InChI=1S/C21H21ClN2O2/c1-15-11-19(12-16(2)21(15)22)26-14-20(25)23-13-17-5-7-18(8-6-17)24-9-3-4-10-24/h3-12H,13-14H2,1-2H3,(H,23,25). The molecule has 5 heteroatoms. The molecule has 0 fully saturated rings. The van der Waals surface area contributed by atoms with E-state index in [1.165, 1.54) is 0 Å². The van der Waals surface area contributed by atoms with Gasteiger partial charge in [0.15, 0.2) is 6.61 Å². The van der Waals surface area contributed by atoms with Crippen LogP contribution in [-0.4, -0.2) is 17.1 Å². The largest absolute Gasteiger partial charge is 0.484 e. The van der Waals surface area contributed by atoms with Crippen molar-refractivity contribution in [2.45, 2.75) is 20.4 Å². The van der Waals surface area contributed by atoms with Gasteiger partial charge in [-0.1, -0.05) is 23.7 Å². The molecule has 0 spiro atoms. The summed E-state index contributed by atoms with van der Waals surface area (Å²) in [6, 6.07) is 15.7. The number of hydrogen-bond donors (Lipinski definition) is 1. The molecule has 2 aromatic carbocycles. The average Bonchev–Trinajstić information content (AvgIpc) is 3.17. The number of ether oxygens (including phenoxy) is 1. The predicted octanol–water partition coefficient (Wildman–Crippen LogP) is 4.44. The van der Waals surface area contributed by atoms with Crippen LogP contribution in [0.2, 0.25) is 5.02 Å². The fraction of sp³-hybridized carbons (Fsp3) is 0.190. The minimum absolute atomic E-state index is 0.0258. The average molecular weight is 369 g/mol. The third-order valence-corrected chi connectivity index (χ3v) is 4.70. The number of nitrogens with one attached hydrogen (secondary N) is 1. The molecule has 1 heterocycles. The molecule has 0 aliphatic carbocycles. The molecule has 0 saturated heterocycles. The van der Waals surface area contributed by atoms with E-state index < -0.39 is 0 Å². The van der Waals surface area contributed by atoms with E-state index in [1.807, 2.05) is 79.3 Å². The Morgan fingerprint density at radius 3 is 2.31 bits per heavy atom. The highest BCUT2D eigenvalue weighted by molar-refractivity contribution is 6.32. The van der Waals surface area contributed by atoms with E-state index in [1.54, 1.807) is 0 Å². The molecule has 1 aromatic heterocycles. The third-order valence-electron chi connectivity index (χ3n) is 4.11. The lowest BCUT2D eigenvalue weighted by atomic mass is 10.1. The molecule has 0 radical (unpaired) electrons. The van der Waals surface area contributed by atoms with Crippen LogP contribution in [0.15, 0.2) is 60.9 Å². The summed E-state index contributed by atoms with van der Waals surface area (Å²) >= 11 is 6.14. The van der Waals surface area contributed by atoms with Crippen LogP contribution >= 0.6 is 11.6 Å². The Morgan fingerprint density at radius 2 is 1.69 bits per heavy atom. The van der Waals surface area contributed by atoms with Crippen molar-refractivity contribution in [2.75, 3.05) is 6.61 Å². The topological polar surface area (TPSA) is 43.3 Å². The van der Waals surface area contributed by atoms with Crippen molar-refractivity contribution in [3.63, 3.8) is 0 Å². The number of hydrogen-bond acceptors (Lipinski definition) is 2. The first-order valence-electron chi connectivity index (χ1n) is 8.41. The highest BCUT2D eigenvalue weighted by Crippen LogP contribution is 2.25. The van der Waals surface area contributed by atoms with Crippen LogP contribution in [0.25, 0.3) is 5.69 Å². The van der Waals surface area contributed by atoms with E-state index in [0.717, 1.165) is 27.4 Å². The number of carbonyl (C=O) groups excluding carboxylic acids is 1. The normalized spacial score (nSPS) is 10.6. The summed E-state index contributed by atoms with van der Waals surface area (Å²) in [6.07, 6.45) is 3.99. The summed E-state index contributed by atoms with van der Waals surface area (Å²) < 4.78 is 7.60. The van der Waals surface area contributed by atoms with E-state index >= 15 is 0 Å². The number of amides is 1. The van der Waals surface area contributed by atoms with E-state index in [0.29, 0.717) is 12.3 Å². The van der Waals surface area contributed by atoms with Crippen LogP contribution < -0.4 is 10.1 Å². The number of nitrogens with zero attached hydrogens (tertiary/aromatic N) is 1. The molecule has 0 unspecified atom stereocenters. The van der Waals surface area contributed by atoms with Crippen LogP contribution in [0.3, 0.4) is 0 Å². The quantitative estimate of drug-likeness (QED) is 0.698. The monoisotopic (exact) mass is 368 g/mol. The molecule has 0 atom stereocenters. The minimum atomic E-state index is -0.162. The predicted molar refractivity (Wildman–Crippen MR) is 104 cm³/mol. The van der Waals surface area contributed by atoms with Crippen LogP contribution in [0.4, 0.5) is 0 Å². The van der Waals surface area contributed by atoms with Crippen molar-refractivity contribution in [1.29, 1.82) is 0 Å². The molecule has 1 amide bonds. The highest BCUT2D eigenvalue weighted by Gasteiger charge is 2.07. The molecule has 1 N–H and O–H groups in total. The zero-order valence-electron chi connectivity index (χ0n) is 14.8. The second-order valence-electron chi connectivity index (χ2n) is 6.19. The molecular formula is C21H21ClN2O2. The number of aryl methyl sites for hydroxylation is 2. The van der Waals surface area contributed by atoms with Gasteiger partial charge in [-0.3, -0.25) is 4.79 Å². The molecule has 26 heavy (non-hydrogen) atoms. The van der Waals surface area contributed by atoms with Crippen molar-refractivity contribution in [3.8, 4) is 11.4 Å². The van der Waals surface area contributed by atoms with Gasteiger partial charge in [-0.15, -0.1) is 0 Å². The second-order valence-corrected chi connectivity index (χ2v) is 6.57. The van der Waals surface area contributed by atoms with Crippen LogP contribution in [-0.2, 0) is 11.3 Å². The number of benzene rings is 2. The Morgan fingerprint density at radius 1 is 1.08 bits per heavy atom. The molecule has 0 aliphatic rings. The van der Waals surface area contributed by atoms with Crippen LogP contribution in [0.5, 0.6) is 5.75 Å².